The maximum absolute atomic E-state index is 12.5. The van der Waals surface area contributed by atoms with Crippen LogP contribution in [0.1, 0.15) is 5.56 Å². The molecule has 16 heavy (non-hydrogen) atoms. The van der Waals surface area contributed by atoms with Crippen LogP contribution < -0.4 is 0 Å². The maximum atomic E-state index is 12.5. The second kappa shape index (κ2) is 4.03. The lowest BCUT2D eigenvalue weighted by atomic mass is 10.2. The normalized spacial score (nSPS) is 11.7. The summed E-state index contributed by atoms with van der Waals surface area (Å²) in [5.41, 5.74) is -0.237. The number of rotatable bonds is 1. The summed E-state index contributed by atoms with van der Waals surface area (Å²) in [6, 6.07) is 5.09. The summed E-state index contributed by atoms with van der Waals surface area (Å²) in [7, 11) is 0. The lowest BCUT2D eigenvalue weighted by Crippen LogP contribution is -2.05. The Hall–Kier alpha value is -1.14. The molecule has 0 radical (unpaired) electrons. The minimum atomic E-state index is -4.33. The smallest absolute Gasteiger partial charge is 0.299 e. The molecule has 0 spiro atoms. The van der Waals surface area contributed by atoms with E-state index >= 15 is 0 Å². The van der Waals surface area contributed by atoms with Crippen LogP contribution in [-0.2, 0) is 6.18 Å². The highest BCUT2D eigenvalue weighted by atomic mass is 32.1. The molecule has 0 aliphatic carbocycles. The standard InChI is InChI=1S/C10H6F3NS2/c11-10(12,13)7-2-1-3-8(6-7)14-4-5-16-9(14)15/h1-6H. The van der Waals surface area contributed by atoms with Crippen molar-refractivity contribution in [2.24, 2.45) is 0 Å². The second-order valence-corrected chi connectivity index (χ2v) is 4.63. The number of thiazole rings is 1. The Morgan fingerprint density at radius 3 is 2.56 bits per heavy atom. The topological polar surface area (TPSA) is 4.93 Å². The third-order valence-electron chi connectivity index (χ3n) is 2.03. The number of alkyl halides is 3. The molecule has 0 unspecified atom stereocenters. The molecule has 0 fully saturated rings. The molecular formula is C10H6F3NS2. The number of aromatic nitrogens is 1. The van der Waals surface area contributed by atoms with Gasteiger partial charge in [-0.2, -0.15) is 13.2 Å². The van der Waals surface area contributed by atoms with Crippen molar-refractivity contribution in [2.45, 2.75) is 6.18 Å². The summed E-state index contributed by atoms with van der Waals surface area (Å²) in [6.45, 7) is 0. The van der Waals surface area contributed by atoms with Gasteiger partial charge in [0.2, 0.25) is 0 Å². The van der Waals surface area contributed by atoms with E-state index < -0.39 is 11.7 Å². The van der Waals surface area contributed by atoms with Gasteiger partial charge in [-0.05, 0) is 30.4 Å². The molecule has 0 aliphatic heterocycles. The molecule has 1 aromatic heterocycles. The maximum Gasteiger partial charge on any atom is 0.416 e. The molecule has 1 nitrogen and oxygen atoms in total. The van der Waals surface area contributed by atoms with Crippen LogP contribution in [0.5, 0.6) is 0 Å². The molecule has 2 rings (SSSR count). The second-order valence-electron chi connectivity index (χ2n) is 3.09. The first-order valence-electron chi connectivity index (χ1n) is 4.32. The van der Waals surface area contributed by atoms with Crippen molar-refractivity contribution >= 4 is 23.6 Å². The van der Waals surface area contributed by atoms with Crippen LogP contribution in [0.25, 0.3) is 5.69 Å². The minimum Gasteiger partial charge on any atom is -0.299 e. The first-order valence-corrected chi connectivity index (χ1v) is 5.61. The molecular weight excluding hydrogens is 255 g/mol. The zero-order valence-corrected chi connectivity index (χ0v) is 9.49. The van der Waals surface area contributed by atoms with Crippen LogP contribution in [0.15, 0.2) is 35.8 Å². The Kier molecular flexibility index (Phi) is 2.86. The molecule has 2 aromatic rings. The minimum absolute atomic E-state index is 0.432. The quantitative estimate of drug-likeness (QED) is 0.693. The average Bonchev–Trinajstić information content (AvgIpc) is 2.63. The fourth-order valence-corrected chi connectivity index (χ4v) is 2.20. The van der Waals surface area contributed by atoms with E-state index in [0.717, 1.165) is 12.1 Å². The zero-order chi connectivity index (χ0) is 11.8. The van der Waals surface area contributed by atoms with E-state index in [9.17, 15) is 13.2 Å². The molecule has 0 amide bonds. The third-order valence-corrected chi connectivity index (χ3v) is 3.17. The fourth-order valence-electron chi connectivity index (χ4n) is 1.29. The average molecular weight is 261 g/mol. The lowest BCUT2D eigenvalue weighted by molar-refractivity contribution is -0.137. The van der Waals surface area contributed by atoms with Crippen molar-refractivity contribution in [1.82, 2.24) is 4.57 Å². The molecule has 84 valence electrons. The van der Waals surface area contributed by atoms with Crippen LogP contribution >= 0.6 is 23.6 Å². The molecule has 0 saturated carbocycles. The van der Waals surface area contributed by atoms with Crippen molar-refractivity contribution in [3.8, 4) is 5.69 Å². The van der Waals surface area contributed by atoms with Gasteiger partial charge in [-0.3, -0.25) is 4.57 Å². The molecule has 1 aromatic carbocycles. The summed E-state index contributed by atoms with van der Waals surface area (Å²) in [5, 5.41) is 1.74. The van der Waals surface area contributed by atoms with Crippen molar-refractivity contribution in [1.29, 1.82) is 0 Å². The summed E-state index contributed by atoms with van der Waals surface area (Å²) in [5.74, 6) is 0. The number of nitrogens with zero attached hydrogens (tertiary/aromatic N) is 1. The van der Waals surface area contributed by atoms with Crippen LogP contribution in [-0.4, -0.2) is 4.57 Å². The first kappa shape index (κ1) is 11.3. The summed E-state index contributed by atoms with van der Waals surface area (Å²) in [6.07, 6.45) is -2.67. The van der Waals surface area contributed by atoms with E-state index in [0.29, 0.717) is 9.64 Å². The summed E-state index contributed by atoms with van der Waals surface area (Å²) >= 11 is 6.31. The van der Waals surface area contributed by atoms with Gasteiger partial charge < -0.3 is 0 Å². The van der Waals surface area contributed by atoms with Crippen LogP contribution in [0.2, 0.25) is 0 Å². The number of halogens is 3. The van der Waals surface area contributed by atoms with Gasteiger partial charge in [0, 0.05) is 17.3 Å². The fraction of sp³-hybridized carbons (Fsp3) is 0.100. The molecule has 6 heteroatoms. The van der Waals surface area contributed by atoms with Gasteiger partial charge >= 0.3 is 6.18 Å². The van der Waals surface area contributed by atoms with Crippen LogP contribution in [0, 0.1) is 3.95 Å². The molecule has 0 atom stereocenters. The first-order chi connectivity index (χ1) is 7.48. The van der Waals surface area contributed by atoms with E-state index in [2.05, 4.69) is 0 Å². The number of hydrogen-bond acceptors (Lipinski definition) is 2. The van der Waals surface area contributed by atoms with Gasteiger partial charge in [0.1, 0.15) is 0 Å². The molecule has 0 saturated heterocycles. The Morgan fingerprint density at radius 2 is 2.00 bits per heavy atom. The van der Waals surface area contributed by atoms with Gasteiger partial charge in [-0.25, -0.2) is 0 Å². The van der Waals surface area contributed by atoms with Gasteiger partial charge in [0.15, 0.2) is 3.95 Å². The monoisotopic (exact) mass is 261 g/mol. The van der Waals surface area contributed by atoms with Gasteiger partial charge in [-0.15, -0.1) is 11.3 Å². The summed E-state index contributed by atoms with van der Waals surface area (Å²) in [4.78, 5) is 0. The Morgan fingerprint density at radius 1 is 1.25 bits per heavy atom. The summed E-state index contributed by atoms with van der Waals surface area (Å²) < 4.78 is 39.5. The number of benzene rings is 1. The van der Waals surface area contributed by atoms with E-state index in [-0.39, 0.29) is 0 Å². The lowest BCUT2D eigenvalue weighted by Gasteiger charge is -2.08. The van der Waals surface area contributed by atoms with Crippen molar-refractivity contribution in [3.05, 3.63) is 45.4 Å². The molecule has 0 N–H and O–H groups in total. The van der Waals surface area contributed by atoms with Gasteiger partial charge in [0.25, 0.3) is 0 Å². The molecule has 1 heterocycles. The van der Waals surface area contributed by atoms with Gasteiger partial charge in [-0.1, -0.05) is 6.07 Å². The Balaban J connectivity index is 2.53. The zero-order valence-electron chi connectivity index (χ0n) is 7.86. The Labute approximate surface area is 98.8 Å². The SMILES string of the molecule is FC(F)(F)c1cccc(-n2ccsc2=S)c1. The number of hydrogen-bond donors (Lipinski definition) is 0. The van der Waals surface area contributed by atoms with E-state index in [4.69, 9.17) is 12.2 Å². The van der Waals surface area contributed by atoms with Crippen LogP contribution in [0.3, 0.4) is 0 Å². The van der Waals surface area contributed by atoms with Crippen molar-refractivity contribution in [3.63, 3.8) is 0 Å². The largest absolute Gasteiger partial charge is 0.416 e. The van der Waals surface area contributed by atoms with E-state index in [1.165, 1.54) is 17.4 Å². The molecule has 0 bridgehead atoms. The predicted octanol–water partition coefficient (Wildman–Crippen LogP) is 4.29. The van der Waals surface area contributed by atoms with Crippen LogP contribution in [0.4, 0.5) is 13.2 Å². The highest BCUT2D eigenvalue weighted by Crippen LogP contribution is 2.30. The Bertz CT molecular complexity index is 553. The highest BCUT2D eigenvalue weighted by Gasteiger charge is 2.30. The molecule has 0 aliphatic rings. The van der Waals surface area contributed by atoms with Crippen molar-refractivity contribution < 1.29 is 13.2 Å². The van der Waals surface area contributed by atoms with E-state index in [1.807, 2.05) is 0 Å². The van der Waals surface area contributed by atoms with E-state index in [1.54, 1.807) is 22.2 Å². The third kappa shape index (κ3) is 2.17. The van der Waals surface area contributed by atoms with Crippen molar-refractivity contribution in [2.75, 3.05) is 0 Å². The van der Waals surface area contributed by atoms with Gasteiger partial charge in [0.05, 0.1) is 5.56 Å². The highest BCUT2D eigenvalue weighted by molar-refractivity contribution is 7.73. The predicted molar refractivity (Wildman–Crippen MR) is 59.5 cm³/mol.